The summed E-state index contributed by atoms with van der Waals surface area (Å²) in [5.41, 5.74) is 1.09. The molecule has 4 nitrogen and oxygen atoms in total. The van der Waals surface area contributed by atoms with Crippen molar-refractivity contribution in [3.05, 3.63) is 38.3 Å². The molecule has 0 saturated heterocycles. The second-order valence-corrected chi connectivity index (χ2v) is 3.90. The molecule has 1 aromatic carbocycles. The molecule has 0 aliphatic heterocycles. The summed E-state index contributed by atoms with van der Waals surface area (Å²) in [5.74, 6) is 0. The van der Waals surface area contributed by atoms with E-state index in [1.54, 1.807) is 6.07 Å². The van der Waals surface area contributed by atoms with E-state index >= 15 is 0 Å². The van der Waals surface area contributed by atoms with Gasteiger partial charge in [0.25, 0.3) is 5.69 Å². The van der Waals surface area contributed by atoms with E-state index < -0.39 is 0 Å². The Morgan fingerprint density at radius 1 is 1.53 bits per heavy atom. The normalized spacial score (nSPS) is 10.3. The Balaban J connectivity index is 2.80. The summed E-state index contributed by atoms with van der Waals surface area (Å²) < 4.78 is 0.591. The molecule has 82 valence electrons. The van der Waals surface area contributed by atoms with Crippen LogP contribution in [0.15, 0.2) is 22.7 Å². The first kappa shape index (κ1) is 12.1. The molecule has 0 bridgehead atoms. The lowest BCUT2D eigenvalue weighted by atomic mass is 10.1. The van der Waals surface area contributed by atoms with Crippen molar-refractivity contribution in [1.29, 1.82) is 0 Å². The molecular weight excluding hydrogens is 260 g/mol. The van der Waals surface area contributed by atoms with E-state index in [1.165, 1.54) is 6.07 Å². The third kappa shape index (κ3) is 3.28. The Morgan fingerprint density at radius 3 is 2.87 bits per heavy atom. The Bertz CT molecular complexity index is 355. The molecule has 0 fully saturated rings. The molecule has 5 heteroatoms. The van der Waals surface area contributed by atoms with Gasteiger partial charge in [0.05, 0.1) is 9.40 Å². The minimum Gasteiger partial charge on any atom is -0.317 e. The molecule has 0 aliphatic rings. The van der Waals surface area contributed by atoms with E-state index in [2.05, 4.69) is 21.2 Å². The monoisotopic (exact) mass is 272 g/mol. The van der Waals surface area contributed by atoms with Gasteiger partial charge in [0.2, 0.25) is 0 Å². The van der Waals surface area contributed by atoms with Crippen molar-refractivity contribution in [2.75, 3.05) is 13.1 Å². The lowest BCUT2D eigenvalue weighted by molar-refractivity contribution is -0.385. The van der Waals surface area contributed by atoms with Gasteiger partial charge >= 0.3 is 0 Å². The van der Waals surface area contributed by atoms with Crippen LogP contribution in [-0.2, 0) is 6.42 Å². The third-order valence-corrected chi connectivity index (χ3v) is 2.99. The topological polar surface area (TPSA) is 55.2 Å². The van der Waals surface area contributed by atoms with Gasteiger partial charge < -0.3 is 5.32 Å². The van der Waals surface area contributed by atoms with Gasteiger partial charge in [-0.15, -0.1) is 0 Å². The maximum Gasteiger partial charge on any atom is 0.283 e. The Hall–Kier alpha value is -0.940. The number of nitrogens with one attached hydrogen (secondary N) is 1. The van der Waals surface area contributed by atoms with Crippen molar-refractivity contribution in [1.82, 2.24) is 5.32 Å². The molecule has 1 rings (SSSR count). The van der Waals surface area contributed by atoms with Crippen LogP contribution in [-0.4, -0.2) is 18.0 Å². The zero-order valence-corrected chi connectivity index (χ0v) is 10.1. The van der Waals surface area contributed by atoms with Crippen molar-refractivity contribution in [3.63, 3.8) is 0 Å². The van der Waals surface area contributed by atoms with E-state index in [9.17, 15) is 10.1 Å². The van der Waals surface area contributed by atoms with Crippen molar-refractivity contribution < 1.29 is 4.92 Å². The highest BCUT2D eigenvalue weighted by Crippen LogP contribution is 2.28. The van der Waals surface area contributed by atoms with Gasteiger partial charge in [-0.1, -0.05) is 19.1 Å². The molecule has 0 saturated carbocycles. The van der Waals surface area contributed by atoms with Gasteiger partial charge in [-0.25, -0.2) is 0 Å². The smallest absolute Gasteiger partial charge is 0.283 e. The van der Waals surface area contributed by atoms with Crippen molar-refractivity contribution >= 4 is 21.6 Å². The van der Waals surface area contributed by atoms with Crippen LogP contribution < -0.4 is 5.32 Å². The second kappa shape index (κ2) is 5.82. The van der Waals surface area contributed by atoms with E-state index in [1.807, 2.05) is 13.0 Å². The van der Waals surface area contributed by atoms with Crippen LogP contribution in [0.2, 0.25) is 0 Å². The standard InChI is InChI=1S/C10H13BrN2O2/c1-2-12-7-6-8-4-3-5-9(10(8)11)13(14)15/h3-5,12H,2,6-7H2,1H3. The Kier molecular flexibility index (Phi) is 4.71. The molecule has 0 aromatic heterocycles. The number of rotatable bonds is 5. The molecule has 0 aliphatic carbocycles. The molecule has 0 atom stereocenters. The fourth-order valence-corrected chi connectivity index (χ4v) is 1.91. The zero-order valence-electron chi connectivity index (χ0n) is 8.50. The minimum absolute atomic E-state index is 0.129. The van der Waals surface area contributed by atoms with E-state index in [0.717, 1.165) is 25.1 Å². The number of nitro benzene ring substituents is 1. The Morgan fingerprint density at radius 2 is 2.27 bits per heavy atom. The SMILES string of the molecule is CCNCCc1cccc([N+](=O)[O-])c1Br. The third-order valence-electron chi connectivity index (χ3n) is 2.08. The molecule has 0 spiro atoms. The number of halogens is 1. The summed E-state index contributed by atoms with van der Waals surface area (Å²) in [5, 5.41) is 13.8. The average Bonchev–Trinajstić information content (AvgIpc) is 2.20. The number of nitro groups is 1. The Labute approximate surface area is 97.0 Å². The van der Waals surface area contributed by atoms with E-state index in [4.69, 9.17) is 0 Å². The molecule has 1 aromatic rings. The maximum atomic E-state index is 10.7. The summed E-state index contributed by atoms with van der Waals surface area (Å²) in [4.78, 5) is 10.3. The number of hydrogen-bond donors (Lipinski definition) is 1. The number of benzene rings is 1. The lowest BCUT2D eigenvalue weighted by Gasteiger charge is -2.05. The van der Waals surface area contributed by atoms with Gasteiger partial charge in [-0.3, -0.25) is 10.1 Å². The number of likely N-dealkylation sites (N-methyl/N-ethyl adjacent to an activating group) is 1. The van der Waals surface area contributed by atoms with Crippen LogP contribution in [0.3, 0.4) is 0 Å². The highest BCUT2D eigenvalue weighted by Gasteiger charge is 2.13. The first-order chi connectivity index (χ1) is 7.16. The fraction of sp³-hybridized carbons (Fsp3) is 0.400. The molecule has 0 amide bonds. The molecule has 0 unspecified atom stereocenters. The van der Waals surface area contributed by atoms with Gasteiger partial charge in [0.15, 0.2) is 0 Å². The van der Waals surface area contributed by atoms with Crippen LogP contribution in [0, 0.1) is 10.1 Å². The quantitative estimate of drug-likeness (QED) is 0.509. The largest absolute Gasteiger partial charge is 0.317 e. The van der Waals surface area contributed by atoms with Gasteiger partial charge in [-0.05, 0) is 41.0 Å². The summed E-state index contributed by atoms with van der Waals surface area (Å²) >= 11 is 3.26. The van der Waals surface area contributed by atoms with Crippen molar-refractivity contribution in [2.24, 2.45) is 0 Å². The summed E-state index contributed by atoms with van der Waals surface area (Å²) in [7, 11) is 0. The summed E-state index contributed by atoms with van der Waals surface area (Å²) in [6, 6.07) is 5.11. The highest BCUT2D eigenvalue weighted by molar-refractivity contribution is 9.10. The average molecular weight is 273 g/mol. The lowest BCUT2D eigenvalue weighted by Crippen LogP contribution is -2.16. The highest BCUT2D eigenvalue weighted by atomic mass is 79.9. The van der Waals surface area contributed by atoms with Crippen LogP contribution in [0.5, 0.6) is 0 Å². The van der Waals surface area contributed by atoms with Gasteiger partial charge in [-0.2, -0.15) is 0 Å². The van der Waals surface area contributed by atoms with E-state index in [-0.39, 0.29) is 10.6 Å². The van der Waals surface area contributed by atoms with Gasteiger partial charge in [0.1, 0.15) is 0 Å². The van der Waals surface area contributed by atoms with Crippen LogP contribution in [0.25, 0.3) is 0 Å². The first-order valence-electron chi connectivity index (χ1n) is 4.79. The number of nitrogens with zero attached hydrogens (tertiary/aromatic N) is 1. The maximum absolute atomic E-state index is 10.7. The first-order valence-corrected chi connectivity index (χ1v) is 5.58. The summed E-state index contributed by atoms with van der Waals surface area (Å²) in [6.07, 6.45) is 0.788. The molecule has 1 N–H and O–H groups in total. The van der Waals surface area contributed by atoms with Crippen LogP contribution in [0.1, 0.15) is 12.5 Å². The second-order valence-electron chi connectivity index (χ2n) is 3.11. The van der Waals surface area contributed by atoms with Crippen LogP contribution in [0.4, 0.5) is 5.69 Å². The molecule has 0 heterocycles. The van der Waals surface area contributed by atoms with Crippen molar-refractivity contribution in [3.8, 4) is 0 Å². The van der Waals surface area contributed by atoms with E-state index in [0.29, 0.717) is 4.47 Å². The molecular formula is C10H13BrN2O2. The molecule has 0 radical (unpaired) electrons. The predicted octanol–water partition coefficient (Wildman–Crippen LogP) is 2.51. The fourth-order valence-electron chi connectivity index (χ4n) is 1.30. The van der Waals surface area contributed by atoms with Gasteiger partial charge in [0, 0.05) is 6.07 Å². The minimum atomic E-state index is -0.374. The van der Waals surface area contributed by atoms with Crippen molar-refractivity contribution in [2.45, 2.75) is 13.3 Å². The summed E-state index contributed by atoms with van der Waals surface area (Å²) in [6.45, 7) is 3.77. The zero-order chi connectivity index (χ0) is 11.3. The molecule has 15 heavy (non-hydrogen) atoms. The van der Waals surface area contributed by atoms with Crippen LogP contribution >= 0.6 is 15.9 Å². The number of hydrogen-bond acceptors (Lipinski definition) is 3. The predicted molar refractivity (Wildman–Crippen MR) is 63.0 cm³/mol.